The molecule has 0 spiro atoms. The second-order valence-corrected chi connectivity index (χ2v) is 4.58. The van der Waals surface area contributed by atoms with Crippen LogP contribution in [0.3, 0.4) is 0 Å². The van der Waals surface area contributed by atoms with Gasteiger partial charge in [-0.25, -0.2) is 0 Å². The molecule has 2 rings (SSSR count). The largest absolute Gasteiger partial charge is 0.497 e. The molecule has 0 aliphatic carbocycles. The number of ether oxygens (including phenoxy) is 1. The molecule has 0 saturated heterocycles. The average Bonchev–Trinajstić information content (AvgIpc) is 2.48. The van der Waals surface area contributed by atoms with E-state index in [1.54, 1.807) is 18.1 Å². The second kappa shape index (κ2) is 6.08. The lowest BCUT2D eigenvalue weighted by Gasteiger charge is -2.15. The Morgan fingerprint density at radius 2 is 1.81 bits per heavy atom. The van der Waals surface area contributed by atoms with Crippen LogP contribution >= 0.6 is 0 Å². The number of para-hydroxylation sites is 1. The normalized spacial score (nSPS) is 11.0. The maximum absolute atomic E-state index is 12.8. The van der Waals surface area contributed by atoms with E-state index in [2.05, 4.69) is 6.58 Å². The molecule has 0 amide bonds. The van der Waals surface area contributed by atoms with Crippen molar-refractivity contribution in [1.82, 2.24) is 0 Å². The molecule has 0 saturated carbocycles. The number of alkyl halides is 3. The van der Waals surface area contributed by atoms with Crippen LogP contribution in [0.25, 0.3) is 0 Å². The molecule has 0 bridgehead atoms. The van der Waals surface area contributed by atoms with E-state index in [1.807, 2.05) is 18.2 Å². The summed E-state index contributed by atoms with van der Waals surface area (Å²) in [5.41, 5.74) is 0.653. The summed E-state index contributed by atoms with van der Waals surface area (Å²) in [5.74, 6) is 2.24. The van der Waals surface area contributed by atoms with Gasteiger partial charge in [-0.05, 0) is 11.5 Å². The molecule has 0 atom stereocenters. The summed E-state index contributed by atoms with van der Waals surface area (Å²) in [6, 6.07) is 12.5. The van der Waals surface area contributed by atoms with E-state index in [1.165, 1.54) is 13.2 Å². The van der Waals surface area contributed by atoms with Gasteiger partial charge in [0.15, 0.2) is 0 Å². The van der Waals surface area contributed by atoms with Crippen molar-refractivity contribution in [3.8, 4) is 5.75 Å². The molecule has 0 aliphatic heterocycles. The van der Waals surface area contributed by atoms with Gasteiger partial charge in [-0.1, -0.05) is 47.9 Å². The van der Waals surface area contributed by atoms with Crippen LogP contribution in [-0.4, -0.2) is 13.8 Å². The Balaban J connectivity index is 2.49. The molecule has 0 unspecified atom stereocenters. The van der Waals surface area contributed by atoms with Crippen molar-refractivity contribution in [3.63, 3.8) is 0 Å². The highest BCUT2D eigenvalue weighted by molar-refractivity contribution is 6.89. The summed E-state index contributed by atoms with van der Waals surface area (Å²) >= 11 is 0. The Labute approximate surface area is 122 Å². The van der Waals surface area contributed by atoms with Crippen molar-refractivity contribution < 1.29 is 17.9 Å². The predicted octanol–water partition coefficient (Wildman–Crippen LogP) is 3.05. The van der Waals surface area contributed by atoms with Crippen molar-refractivity contribution in [2.45, 2.75) is 6.18 Å². The van der Waals surface area contributed by atoms with Gasteiger partial charge in [0.05, 0.1) is 12.7 Å². The van der Waals surface area contributed by atoms with E-state index in [0.29, 0.717) is 11.2 Å². The molecule has 108 valence electrons. The van der Waals surface area contributed by atoms with Crippen molar-refractivity contribution >= 4 is 17.6 Å². The van der Waals surface area contributed by atoms with E-state index in [9.17, 15) is 13.2 Å². The zero-order valence-electron chi connectivity index (χ0n) is 11.5. The highest BCUT2D eigenvalue weighted by atomic mass is 19.4. The Morgan fingerprint density at radius 3 is 2.43 bits per heavy atom. The molecule has 2 aromatic carbocycles. The number of rotatable bonds is 4. The monoisotopic (exact) mass is 290 g/mol. The second-order valence-electron chi connectivity index (χ2n) is 4.58. The molecule has 2 aromatic rings. The van der Waals surface area contributed by atoms with Crippen LogP contribution in [0.2, 0.25) is 0 Å². The highest BCUT2D eigenvalue weighted by Gasteiger charge is 2.31. The van der Waals surface area contributed by atoms with Gasteiger partial charge in [0.1, 0.15) is 5.75 Å². The third kappa shape index (κ3) is 3.30. The van der Waals surface area contributed by atoms with Crippen LogP contribution in [0.5, 0.6) is 5.75 Å². The van der Waals surface area contributed by atoms with Crippen LogP contribution in [0.1, 0.15) is 5.56 Å². The van der Waals surface area contributed by atoms with E-state index >= 15 is 0 Å². The van der Waals surface area contributed by atoms with Gasteiger partial charge in [-0.15, -0.1) is 12.6 Å². The summed E-state index contributed by atoms with van der Waals surface area (Å²) in [7, 11) is 1.53. The fourth-order valence-corrected chi connectivity index (χ4v) is 2.27. The summed E-state index contributed by atoms with van der Waals surface area (Å²) in [5, 5.41) is 0. The van der Waals surface area contributed by atoms with Crippen LogP contribution in [-0.2, 0) is 6.18 Å². The fraction of sp³-hybridized carbons (Fsp3) is 0.125. The Morgan fingerprint density at radius 1 is 1.10 bits per heavy atom. The number of halogens is 3. The lowest BCUT2D eigenvalue weighted by molar-refractivity contribution is -0.137. The SMILES string of the molecule is C=CB(c1cccc(C(F)(F)F)c1)c1ccccc1OC. The van der Waals surface area contributed by atoms with E-state index < -0.39 is 11.7 Å². The minimum atomic E-state index is -4.36. The van der Waals surface area contributed by atoms with E-state index in [4.69, 9.17) is 4.74 Å². The molecular weight excluding hydrogens is 276 g/mol. The molecule has 5 heteroatoms. The summed E-state index contributed by atoms with van der Waals surface area (Å²) in [6.07, 6.45) is -4.36. The first-order valence-corrected chi connectivity index (χ1v) is 6.40. The number of benzene rings is 2. The first-order chi connectivity index (χ1) is 9.97. The quantitative estimate of drug-likeness (QED) is 0.786. The Hall–Kier alpha value is -2.17. The summed E-state index contributed by atoms with van der Waals surface area (Å²) in [6.45, 7) is 3.39. The third-order valence-corrected chi connectivity index (χ3v) is 3.28. The number of hydrogen-bond donors (Lipinski definition) is 0. The molecule has 0 aromatic heterocycles. The van der Waals surface area contributed by atoms with Gasteiger partial charge in [0, 0.05) is 0 Å². The lowest BCUT2D eigenvalue weighted by Crippen LogP contribution is -2.41. The van der Waals surface area contributed by atoms with Gasteiger partial charge in [-0.2, -0.15) is 13.2 Å². The fourth-order valence-electron chi connectivity index (χ4n) is 2.27. The summed E-state index contributed by atoms with van der Waals surface area (Å²) < 4.78 is 43.8. The minimum Gasteiger partial charge on any atom is -0.497 e. The molecule has 0 fully saturated rings. The van der Waals surface area contributed by atoms with Gasteiger partial charge < -0.3 is 4.74 Å². The van der Waals surface area contributed by atoms with E-state index in [-0.39, 0.29) is 6.71 Å². The first kappa shape index (κ1) is 15.2. The smallest absolute Gasteiger partial charge is 0.416 e. The predicted molar refractivity (Wildman–Crippen MR) is 79.7 cm³/mol. The maximum atomic E-state index is 12.8. The zero-order valence-corrected chi connectivity index (χ0v) is 11.5. The van der Waals surface area contributed by atoms with Crippen molar-refractivity contribution in [2.24, 2.45) is 0 Å². The van der Waals surface area contributed by atoms with Crippen molar-refractivity contribution in [3.05, 3.63) is 66.6 Å². The molecule has 0 heterocycles. The molecule has 0 N–H and O–H groups in total. The lowest BCUT2D eigenvalue weighted by atomic mass is 9.40. The molecule has 21 heavy (non-hydrogen) atoms. The Bertz CT molecular complexity index is 637. The van der Waals surface area contributed by atoms with Crippen molar-refractivity contribution in [1.29, 1.82) is 0 Å². The third-order valence-electron chi connectivity index (χ3n) is 3.28. The van der Waals surface area contributed by atoms with Gasteiger partial charge in [0.25, 0.3) is 0 Å². The Kier molecular flexibility index (Phi) is 4.41. The molecule has 0 aliphatic rings. The highest BCUT2D eigenvalue weighted by Crippen LogP contribution is 2.28. The van der Waals surface area contributed by atoms with E-state index in [0.717, 1.165) is 17.6 Å². The van der Waals surface area contributed by atoms with Gasteiger partial charge in [-0.3, -0.25) is 0 Å². The van der Waals surface area contributed by atoms with Gasteiger partial charge in [0.2, 0.25) is 6.71 Å². The van der Waals surface area contributed by atoms with Gasteiger partial charge >= 0.3 is 6.18 Å². The topological polar surface area (TPSA) is 9.23 Å². The zero-order chi connectivity index (χ0) is 15.5. The maximum Gasteiger partial charge on any atom is 0.416 e. The minimum absolute atomic E-state index is 0.358. The number of methoxy groups -OCH3 is 1. The average molecular weight is 290 g/mol. The van der Waals surface area contributed by atoms with Crippen LogP contribution < -0.4 is 15.7 Å². The van der Waals surface area contributed by atoms with Crippen molar-refractivity contribution in [2.75, 3.05) is 7.11 Å². The molecular formula is C16H14BF3O. The van der Waals surface area contributed by atoms with Crippen LogP contribution in [0, 0.1) is 0 Å². The molecule has 0 radical (unpaired) electrons. The number of hydrogen-bond acceptors (Lipinski definition) is 1. The molecule has 1 nitrogen and oxygen atoms in total. The van der Waals surface area contributed by atoms with Crippen LogP contribution in [0.15, 0.2) is 61.1 Å². The summed E-state index contributed by atoms with van der Waals surface area (Å²) in [4.78, 5) is 0. The standard InChI is InChI=1S/C16H14BF3O/c1-3-17(14-9-4-5-10-15(14)21-2)13-8-6-7-12(11-13)16(18,19)20/h3-11H,1H2,2H3. The van der Waals surface area contributed by atoms with Crippen LogP contribution in [0.4, 0.5) is 13.2 Å². The first-order valence-electron chi connectivity index (χ1n) is 6.40.